The first-order valence-electron chi connectivity index (χ1n) is 6.04. The summed E-state index contributed by atoms with van der Waals surface area (Å²) >= 11 is 6.01. The lowest BCUT2D eigenvalue weighted by Crippen LogP contribution is -2.06. The highest BCUT2D eigenvalue weighted by molar-refractivity contribution is 6.32. The van der Waals surface area contributed by atoms with Crippen molar-refractivity contribution in [3.05, 3.63) is 51.9 Å². The van der Waals surface area contributed by atoms with Crippen LogP contribution in [-0.2, 0) is 0 Å². The van der Waals surface area contributed by atoms with Gasteiger partial charge in [-0.25, -0.2) is 0 Å². The zero-order valence-corrected chi connectivity index (χ0v) is 11.9. The molecule has 1 aromatic carbocycles. The molecule has 0 aliphatic rings. The van der Waals surface area contributed by atoms with Crippen LogP contribution in [0.4, 0.5) is 5.69 Å². The summed E-state index contributed by atoms with van der Waals surface area (Å²) in [7, 11) is 0. The molecule has 0 radical (unpaired) electrons. The van der Waals surface area contributed by atoms with Crippen LogP contribution in [0.3, 0.4) is 0 Å². The summed E-state index contributed by atoms with van der Waals surface area (Å²) in [5, 5.41) is 12.6. The Labute approximate surface area is 117 Å². The van der Waals surface area contributed by atoms with E-state index in [4.69, 9.17) is 21.3 Å². The summed E-state index contributed by atoms with van der Waals surface area (Å²) in [6.07, 6.45) is 0. The fraction of sp³-hybridized carbons (Fsp3) is 0.267. The minimum atomic E-state index is 0.112. The molecule has 1 heterocycles. The molecule has 0 fully saturated rings. The number of rotatable bonds is 3. The van der Waals surface area contributed by atoms with E-state index >= 15 is 0 Å². The molecule has 19 heavy (non-hydrogen) atoms. The third-order valence-electron chi connectivity index (χ3n) is 3.02. The quantitative estimate of drug-likeness (QED) is 0.890. The van der Waals surface area contributed by atoms with Gasteiger partial charge in [-0.15, -0.1) is 0 Å². The highest BCUT2D eigenvalue weighted by Crippen LogP contribution is 2.27. The van der Waals surface area contributed by atoms with E-state index < -0.39 is 0 Å². The average Bonchev–Trinajstić information content (AvgIpc) is 2.69. The molecule has 4 heteroatoms. The van der Waals surface area contributed by atoms with Crippen LogP contribution in [-0.4, -0.2) is 0 Å². The topological polar surface area (TPSA) is 49.0 Å². The van der Waals surface area contributed by atoms with Gasteiger partial charge in [0.05, 0.1) is 16.6 Å². The van der Waals surface area contributed by atoms with Crippen molar-refractivity contribution in [3.63, 3.8) is 0 Å². The number of benzene rings is 1. The van der Waals surface area contributed by atoms with Gasteiger partial charge in [-0.2, -0.15) is 5.26 Å². The van der Waals surface area contributed by atoms with E-state index in [1.165, 1.54) is 0 Å². The normalized spacial score (nSPS) is 11.9. The lowest BCUT2D eigenvalue weighted by Gasteiger charge is -2.15. The number of furan rings is 1. The van der Waals surface area contributed by atoms with Crippen LogP contribution in [0.25, 0.3) is 0 Å². The number of nitrogens with zero attached hydrogens (tertiary/aromatic N) is 1. The van der Waals surface area contributed by atoms with Gasteiger partial charge in [-0.3, -0.25) is 0 Å². The lowest BCUT2D eigenvalue weighted by atomic mass is 10.1. The number of nitriles is 1. The van der Waals surface area contributed by atoms with Crippen molar-refractivity contribution in [1.82, 2.24) is 0 Å². The fourth-order valence-electron chi connectivity index (χ4n) is 2.10. The van der Waals surface area contributed by atoms with Crippen molar-refractivity contribution < 1.29 is 4.42 Å². The summed E-state index contributed by atoms with van der Waals surface area (Å²) in [6, 6.07) is 9.51. The number of hydrogen-bond donors (Lipinski definition) is 1. The van der Waals surface area contributed by atoms with Gasteiger partial charge in [0.15, 0.2) is 0 Å². The molecule has 0 saturated carbocycles. The summed E-state index contributed by atoms with van der Waals surface area (Å²) in [4.78, 5) is 0. The molecule has 1 aromatic heterocycles. The van der Waals surface area contributed by atoms with Gasteiger partial charge in [-0.05, 0) is 45.0 Å². The Bertz CT molecular complexity index is 640. The molecular formula is C15H15ClN2O. The number of aryl methyl sites for hydroxylation is 2. The first-order valence-corrected chi connectivity index (χ1v) is 6.42. The van der Waals surface area contributed by atoms with Crippen LogP contribution in [0.1, 0.15) is 35.6 Å². The molecule has 3 nitrogen and oxygen atoms in total. The van der Waals surface area contributed by atoms with Crippen molar-refractivity contribution >= 4 is 17.3 Å². The van der Waals surface area contributed by atoms with Crippen LogP contribution in [0.5, 0.6) is 0 Å². The molecule has 0 aliphatic heterocycles. The molecule has 1 atom stereocenters. The summed E-state index contributed by atoms with van der Waals surface area (Å²) in [5.41, 5.74) is 2.49. The molecule has 1 N–H and O–H groups in total. The monoisotopic (exact) mass is 274 g/mol. The van der Waals surface area contributed by atoms with E-state index in [0.717, 1.165) is 22.8 Å². The van der Waals surface area contributed by atoms with Crippen LogP contribution >= 0.6 is 11.6 Å². The first-order chi connectivity index (χ1) is 9.01. The molecule has 2 rings (SSSR count). The van der Waals surface area contributed by atoms with E-state index in [2.05, 4.69) is 12.2 Å². The number of halogens is 1. The van der Waals surface area contributed by atoms with Gasteiger partial charge < -0.3 is 9.73 Å². The molecule has 0 aliphatic carbocycles. The largest absolute Gasteiger partial charge is 0.466 e. The Morgan fingerprint density at radius 1 is 1.32 bits per heavy atom. The van der Waals surface area contributed by atoms with Crippen molar-refractivity contribution in [1.29, 1.82) is 5.26 Å². The SMILES string of the molecule is Cc1cc(C(C)Nc2ccc(C#N)c(Cl)c2)c(C)o1. The van der Waals surface area contributed by atoms with Gasteiger partial charge in [0, 0.05) is 11.3 Å². The smallest absolute Gasteiger partial charge is 0.106 e. The van der Waals surface area contributed by atoms with Gasteiger partial charge in [0.1, 0.15) is 17.6 Å². The van der Waals surface area contributed by atoms with E-state index in [1.807, 2.05) is 32.0 Å². The molecule has 0 saturated heterocycles. The molecule has 0 amide bonds. The minimum absolute atomic E-state index is 0.112. The molecule has 0 bridgehead atoms. The molecule has 0 spiro atoms. The Morgan fingerprint density at radius 3 is 2.58 bits per heavy atom. The predicted octanol–water partition coefficient (Wildman–Crippen LogP) is 4.59. The lowest BCUT2D eigenvalue weighted by molar-refractivity contribution is 0.500. The van der Waals surface area contributed by atoms with Crippen LogP contribution < -0.4 is 5.32 Å². The van der Waals surface area contributed by atoms with Crippen LogP contribution in [0.15, 0.2) is 28.7 Å². The average molecular weight is 275 g/mol. The Morgan fingerprint density at radius 2 is 2.05 bits per heavy atom. The zero-order valence-electron chi connectivity index (χ0n) is 11.1. The first kappa shape index (κ1) is 13.5. The second-order valence-corrected chi connectivity index (χ2v) is 4.95. The Kier molecular flexibility index (Phi) is 3.82. The molecular weight excluding hydrogens is 260 g/mol. The Balaban J connectivity index is 2.20. The zero-order chi connectivity index (χ0) is 14.0. The number of anilines is 1. The highest BCUT2D eigenvalue weighted by atomic mass is 35.5. The van der Waals surface area contributed by atoms with E-state index in [0.29, 0.717) is 10.6 Å². The maximum atomic E-state index is 8.84. The third kappa shape index (κ3) is 2.91. The minimum Gasteiger partial charge on any atom is -0.466 e. The second-order valence-electron chi connectivity index (χ2n) is 4.54. The van der Waals surface area contributed by atoms with Crippen LogP contribution in [0.2, 0.25) is 5.02 Å². The van der Waals surface area contributed by atoms with E-state index in [-0.39, 0.29) is 6.04 Å². The number of hydrogen-bond acceptors (Lipinski definition) is 3. The third-order valence-corrected chi connectivity index (χ3v) is 3.33. The maximum Gasteiger partial charge on any atom is 0.106 e. The summed E-state index contributed by atoms with van der Waals surface area (Å²) in [5.74, 6) is 1.82. The van der Waals surface area contributed by atoms with Crippen molar-refractivity contribution in [2.75, 3.05) is 5.32 Å². The van der Waals surface area contributed by atoms with Crippen molar-refractivity contribution in [2.24, 2.45) is 0 Å². The van der Waals surface area contributed by atoms with E-state index in [9.17, 15) is 0 Å². The van der Waals surface area contributed by atoms with Crippen molar-refractivity contribution in [3.8, 4) is 6.07 Å². The molecule has 2 aromatic rings. The molecule has 98 valence electrons. The summed E-state index contributed by atoms with van der Waals surface area (Å²) in [6.45, 7) is 5.94. The van der Waals surface area contributed by atoms with Gasteiger partial charge in [0.25, 0.3) is 0 Å². The van der Waals surface area contributed by atoms with Gasteiger partial charge in [-0.1, -0.05) is 11.6 Å². The highest BCUT2D eigenvalue weighted by Gasteiger charge is 2.13. The second kappa shape index (κ2) is 5.38. The number of nitrogens with one attached hydrogen (secondary N) is 1. The summed E-state index contributed by atoms with van der Waals surface area (Å²) < 4.78 is 5.52. The Hall–Kier alpha value is -1.92. The molecule has 1 unspecified atom stereocenters. The fourth-order valence-corrected chi connectivity index (χ4v) is 2.33. The predicted molar refractivity (Wildman–Crippen MR) is 76.4 cm³/mol. The standard InChI is InChI=1S/C15H15ClN2O/c1-9-6-14(11(3)19-9)10(2)18-13-5-4-12(8-17)15(16)7-13/h4-7,10,18H,1-3H3. The van der Waals surface area contributed by atoms with E-state index in [1.54, 1.807) is 12.1 Å². The van der Waals surface area contributed by atoms with Gasteiger partial charge in [0.2, 0.25) is 0 Å². The van der Waals surface area contributed by atoms with Crippen molar-refractivity contribution in [2.45, 2.75) is 26.8 Å². The maximum absolute atomic E-state index is 8.84. The van der Waals surface area contributed by atoms with Gasteiger partial charge >= 0.3 is 0 Å². The van der Waals surface area contributed by atoms with Crippen LogP contribution in [0, 0.1) is 25.2 Å².